The van der Waals surface area contributed by atoms with Gasteiger partial charge in [-0.05, 0) is 5.56 Å². The van der Waals surface area contributed by atoms with Crippen LogP contribution in [0, 0.1) is 0 Å². The van der Waals surface area contributed by atoms with Crippen LogP contribution < -0.4 is 0 Å². The summed E-state index contributed by atoms with van der Waals surface area (Å²) in [5, 5.41) is 8.37. The van der Waals surface area contributed by atoms with E-state index in [0.717, 1.165) is 0 Å². The molecule has 0 fully saturated rings. The molecule has 0 saturated carbocycles. The first-order valence-electron chi connectivity index (χ1n) is 4.66. The first-order chi connectivity index (χ1) is 7.29. The van der Waals surface area contributed by atoms with E-state index in [2.05, 4.69) is 4.89 Å². The van der Waals surface area contributed by atoms with Crippen molar-refractivity contribution in [3.05, 3.63) is 35.4 Å². The molecule has 15 heavy (non-hydrogen) atoms. The first-order valence-corrected chi connectivity index (χ1v) is 4.66. The molecule has 4 nitrogen and oxygen atoms in total. The van der Waals surface area contributed by atoms with Crippen molar-refractivity contribution in [3.63, 3.8) is 0 Å². The van der Waals surface area contributed by atoms with E-state index in [4.69, 9.17) is 9.99 Å². The second kappa shape index (κ2) is 6.29. The van der Waals surface area contributed by atoms with Gasteiger partial charge < -0.3 is 4.74 Å². The minimum Gasteiger partial charge on any atom is -0.384 e. The number of hydrogen-bond acceptors (Lipinski definition) is 4. The van der Waals surface area contributed by atoms with E-state index < -0.39 is 0 Å². The maximum atomic E-state index is 11.7. The van der Waals surface area contributed by atoms with E-state index in [0.29, 0.717) is 24.2 Å². The summed E-state index contributed by atoms with van der Waals surface area (Å²) >= 11 is 0. The smallest absolute Gasteiger partial charge is 0.165 e. The number of Topliss-reactive ketones (excluding diaryl/α,β-unsaturated/α-hetero) is 1. The quantitative estimate of drug-likeness (QED) is 0.442. The monoisotopic (exact) mass is 210 g/mol. The van der Waals surface area contributed by atoms with Gasteiger partial charge in [-0.2, -0.15) is 0 Å². The van der Waals surface area contributed by atoms with Gasteiger partial charge in [0.15, 0.2) is 5.78 Å². The summed E-state index contributed by atoms with van der Waals surface area (Å²) in [7, 11) is 1.55. The van der Waals surface area contributed by atoms with Crippen LogP contribution in [-0.4, -0.2) is 24.8 Å². The van der Waals surface area contributed by atoms with Crippen molar-refractivity contribution >= 4 is 5.78 Å². The number of ketones is 1. The Morgan fingerprint density at radius 1 is 1.40 bits per heavy atom. The summed E-state index contributed by atoms with van der Waals surface area (Å²) in [5.74, 6) is -0.00972. The number of ether oxygens (including phenoxy) is 1. The molecular weight excluding hydrogens is 196 g/mol. The lowest BCUT2D eigenvalue weighted by Crippen LogP contribution is -2.07. The van der Waals surface area contributed by atoms with Gasteiger partial charge in [0.25, 0.3) is 0 Å². The molecule has 0 saturated heterocycles. The third-order valence-corrected chi connectivity index (χ3v) is 2.07. The Morgan fingerprint density at radius 3 is 2.80 bits per heavy atom. The molecular formula is C11H14O4. The van der Waals surface area contributed by atoms with Crippen LogP contribution in [0.2, 0.25) is 0 Å². The molecule has 82 valence electrons. The molecule has 0 radical (unpaired) electrons. The highest BCUT2D eigenvalue weighted by Gasteiger charge is 2.10. The molecule has 0 amide bonds. The molecule has 1 aromatic carbocycles. The third-order valence-electron chi connectivity index (χ3n) is 2.07. The van der Waals surface area contributed by atoms with Crippen LogP contribution in [0.25, 0.3) is 0 Å². The molecule has 1 aromatic rings. The van der Waals surface area contributed by atoms with Crippen molar-refractivity contribution in [2.75, 3.05) is 13.7 Å². The molecule has 4 heteroatoms. The van der Waals surface area contributed by atoms with Crippen LogP contribution in [0.5, 0.6) is 0 Å². The number of hydrogen-bond donors (Lipinski definition) is 1. The SMILES string of the molecule is COCCC(=O)c1ccccc1COO. The molecule has 0 bridgehead atoms. The van der Waals surface area contributed by atoms with Gasteiger partial charge >= 0.3 is 0 Å². The largest absolute Gasteiger partial charge is 0.384 e. The molecule has 1 N–H and O–H groups in total. The number of methoxy groups -OCH3 is 1. The Morgan fingerprint density at radius 2 is 2.13 bits per heavy atom. The normalized spacial score (nSPS) is 10.3. The predicted molar refractivity (Wildman–Crippen MR) is 54.7 cm³/mol. The number of carbonyl (C=O) groups is 1. The van der Waals surface area contributed by atoms with E-state index in [1.54, 1.807) is 31.4 Å². The van der Waals surface area contributed by atoms with Gasteiger partial charge in [0, 0.05) is 19.1 Å². The van der Waals surface area contributed by atoms with Crippen molar-refractivity contribution in [2.45, 2.75) is 13.0 Å². The Hall–Kier alpha value is -1.23. The lowest BCUT2D eigenvalue weighted by Gasteiger charge is -2.06. The highest BCUT2D eigenvalue weighted by molar-refractivity contribution is 5.97. The van der Waals surface area contributed by atoms with Crippen LogP contribution >= 0.6 is 0 Å². The fourth-order valence-corrected chi connectivity index (χ4v) is 1.32. The molecule has 0 unspecified atom stereocenters. The van der Waals surface area contributed by atoms with Crippen LogP contribution in [0.1, 0.15) is 22.3 Å². The van der Waals surface area contributed by atoms with Crippen LogP contribution in [-0.2, 0) is 16.2 Å². The van der Waals surface area contributed by atoms with E-state index in [9.17, 15) is 4.79 Å². The van der Waals surface area contributed by atoms with Crippen LogP contribution in [0.4, 0.5) is 0 Å². The number of carbonyl (C=O) groups excluding carboxylic acids is 1. The molecule has 0 aliphatic carbocycles. The van der Waals surface area contributed by atoms with Gasteiger partial charge in [-0.15, -0.1) is 0 Å². The minimum atomic E-state index is -0.00972. The molecule has 0 aliphatic rings. The third kappa shape index (κ3) is 3.43. The Kier molecular flexibility index (Phi) is 4.97. The van der Waals surface area contributed by atoms with Gasteiger partial charge in [-0.1, -0.05) is 24.3 Å². The van der Waals surface area contributed by atoms with Crippen molar-refractivity contribution < 1.29 is 19.7 Å². The molecule has 0 aliphatic heterocycles. The predicted octanol–water partition coefficient (Wildman–Crippen LogP) is 1.90. The van der Waals surface area contributed by atoms with Crippen molar-refractivity contribution in [1.82, 2.24) is 0 Å². The second-order valence-corrected chi connectivity index (χ2v) is 3.10. The Bertz CT molecular complexity index is 322. The summed E-state index contributed by atoms with van der Waals surface area (Å²) in [6.45, 7) is 0.419. The average molecular weight is 210 g/mol. The van der Waals surface area contributed by atoms with E-state index in [-0.39, 0.29) is 12.4 Å². The van der Waals surface area contributed by atoms with Crippen LogP contribution in [0.15, 0.2) is 24.3 Å². The molecule has 0 atom stereocenters. The highest BCUT2D eigenvalue weighted by atomic mass is 17.1. The summed E-state index contributed by atoms with van der Waals surface area (Å²) in [5.41, 5.74) is 1.25. The summed E-state index contributed by atoms with van der Waals surface area (Å²) in [4.78, 5) is 15.7. The number of rotatable bonds is 6. The fourth-order valence-electron chi connectivity index (χ4n) is 1.32. The van der Waals surface area contributed by atoms with Crippen molar-refractivity contribution in [1.29, 1.82) is 0 Å². The zero-order valence-electron chi connectivity index (χ0n) is 8.60. The standard InChI is InChI=1S/C11H14O4/c1-14-7-6-11(12)10-5-3-2-4-9(10)8-15-13/h2-5,13H,6-8H2,1H3. The van der Waals surface area contributed by atoms with Gasteiger partial charge in [-0.3, -0.25) is 10.1 Å². The van der Waals surface area contributed by atoms with Gasteiger partial charge in [0.1, 0.15) is 6.61 Å². The van der Waals surface area contributed by atoms with Crippen LogP contribution in [0.3, 0.4) is 0 Å². The second-order valence-electron chi connectivity index (χ2n) is 3.10. The first kappa shape index (κ1) is 11.8. The maximum absolute atomic E-state index is 11.7. The minimum absolute atomic E-state index is 0.00972. The van der Waals surface area contributed by atoms with E-state index >= 15 is 0 Å². The van der Waals surface area contributed by atoms with Crippen molar-refractivity contribution in [3.8, 4) is 0 Å². The summed E-state index contributed by atoms with van der Waals surface area (Å²) in [6.07, 6.45) is 0.332. The summed E-state index contributed by atoms with van der Waals surface area (Å²) in [6, 6.07) is 7.03. The lowest BCUT2D eigenvalue weighted by atomic mass is 10.0. The number of benzene rings is 1. The molecule has 1 rings (SSSR count). The van der Waals surface area contributed by atoms with E-state index in [1.807, 2.05) is 0 Å². The molecule has 0 aromatic heterocycles. The Labute approximate surface area is 88.4 Å². The zero-order valence-corrected chi connectivity index (χ0v) is 8.60. The summed E-state index contributed by atoms with van der Waals surface area (Å²) < 4.78 is 4.83. The highest BCUT2D eigenvalue weighted by Crippen LogP contribution is 2.12. The van der Waals surface area contributed by atoms with Gasteiger partial charge in [0.2, 0.25) is 0 Å². The topological polar surface area (TPSA) is 55.8 Å². The average Bonchev–Trinajstić information content (AvgIpc) is 2.27. The maximum Gasteiger partial charge on any atom is 0.165 e. The van der Waals surface area contributed by atoms with Gasteiger partial charge in [-0.25, -0.2) is 4.89 Å². The van der Waals surface area contributed by atoms with Crippen molar-refractivity contribution in [2.24, 2.45) is 0 Å². The zero-order chi connectivity index (χ0) is 11.1. The molecule has 0 heterocycles. The Balaban J connectivity index is 2.77. The van der Waals surface area contributed by atoms with E-state index in [1.165, 1.54) is 0 Å². The van der Waals surface area contributed by atoms with Gasteiger partial charge in [0.05, 0.1) is 6.61 Å². The molecule has 0 spiro atoms. The lowest BCUT2D eigenvalue weighted by molar-refractivity contribution is -0.253. The fraction of sp³-hybridized carbons (Fsp3) is 0.364.